The third-order valence-corrected chi connectivity index (χ3v) is 7.45. The summed E-state index contributed by atoms with van der Waals surface area (Å²) in [5, 5.41) is 8.16. The van der Waals surface area contributed by atoms with Gasteiger partial charge in [-0.25, -0.2) is 4.98 Å². The molecule has 0 amide bonds. The number of nitrogens with two attached hydrogens (primary N) is 1. The topological polar surface area (TPSA) is 115 Å². The van der Waals surface area contributed by atoms with Crippen molar-refractivity contribution < 1.29 is 4.74 Å². The van der Waals surface area contributed by atoms with Gasteiger partial charge in [-0.15, -0.1) is 0 Å². The van der Waals surface area contributed by atoms with Crippen LogP contribution in [-0.2, 0) is 11.8 Å². The fraction of sp³-hybridized carbons (Fsp3) is 0.524. The van der Waals surface area contributed by atoms with Crippen LogP contribution in [0.2, 0.25) is 5.15 Å². The second-order valence-electron chi connectivity index (χ2n) is 8.74. The molecule has 2 atom stereocenters. The standard InChI is InChI=1S/C21H26ClN7O2/c1-11-13(4-7-24-17(11)22)15-14-18(27-26-15)25-20(28(3)19(14)30)29-8-5-21(6-9-29)10-31-12(2)16(21)23/h4,7,12,16H,5-6,8-10,23H2,1-3H3,(H,26,27)/t12-,16+/m0/s1. The minimum absolute atomic E-state index is 0.0104. The van der Waals surface area contributed by atoms with E-state index in [9.17, 15) is 4.79 Å². The molecule has 3 aromatic heterocycles. The van der Waals surface area contributed by atoms with Crippen molar-refractivity contribution in [2.75, 3.05) is 24.6 Å². The Morgan fingerprint density at radius 1 is 1.35 bits per heavy atom. The van der Waals surface area contributed by atoms with Crippen LogP contribution < -0.4 is 16.2 Å². The number of piperidine rings is 1. The Labute approximate surface area is 184 Å². The molecular formula is C21H26ClN7O2. The lowest BCUT2D eigenvalue weighted by molar-refractivity contribution is 0.0973. The van der Waals surface area contributed by atoms with Crippen LogP contribution >= 0.6 is 11.6 Å². The van der Waals surface area contributed by atoms with Gasteiger partial charge >= 0.3 is 0 Å². The minimum atomic E-state index is -0.147. The van der Waals surface area contributed by atoms with Crippen LogP contribution in [0.25, 0.3) is 22.3 Å². The Balaban J connectivity index is 1.51. The zero-order chi connectivity index (χ0) is 21.9. The number of pyridine rings is 1. The second kappa shape index (κ2) is 7.29. The Kier molecular flexibility index (Phi) is 4.80. The summed E-state index contributed by atoms with van der Waals surface area (Å²) in [4.78, 5) is 24.3. The number of fused-ring (bicyclic) bond motifs is 1. The van der Waals surface area contributed by atoms with E-state index in [0.717, 1.165) is 37.1 Å². The molecule has 3 N–H and O–H groups in total. The second-order valence-corrected chi connectivity index (χ2v) is 9.10. The largest absolute Gasteiger partial charge is 0.376 e. The van der Waals surface area contributed by atoms with Crippen molar-refractivity contribution in [3.05, 3.63) is 33.3 Å². The van der Waals surface area contributed by atoms with Gasteiger partial charge in [0, 0.05) is 43.4 Å². The highest BCUT2D eigenvalue weighted by Crippen LogP contribution is 2.41. The summed E-state index contributed by atoms with van der Waals surface area (Å²) in [6.07, 6.45) is 3.52. The molecule has 0 bridgehead atoms. The summed E-state index contributed by atoms with van der Waals surface area (Å²) in [7, 11) is 1.75. The van der Waals surface area contributed by atoms with Crippen LogP contribution in [0.15, 0.2) is 17.1 Å². The molecule has 9 nitrogen and oxygen atoms in total. The van der Waals surface area contributed by atoms with E-state index in [1.165, 1.54) is 0 Å². The molecule has 3 aromatic rings. The lowest BCUT2D eigenvalue weighted by Crippen LogP contribution is -2.51. The number of halogens is 1. The first-order valence-corrected chi connectivity index (χ1v) is 10.9. The van der Waals surface area contributed by atoms with Gasteiger partial charge in [-0.2, -0.15) is 10.1 Å². The van der Waals surface area contributed by atoms with Crippen molar-refractivity contribution in [1.82, 2.24) is 24.7 Å². The van der Waals surface area contributed by atoms with E-state index in [2.05, 4.69) is 20.1 Å². The smallest absolute Gasteiger partial charge is 0.266 e. The van der Waals surface area contributed by atoms with Gasteiger partial charge in [0.1, 0.15) is 10.5 Å². The molecule has 5 heterocycles. The van der Waals surface area contributed by atoms with E-state index in [1.54, 1.807) is 17.8 Å². The van der Waals surface area contributed by atoms with Crippen LogP contribution in [0.1, 0.15) is 25.3 Å². The molecule has 0 saturated carbocycles. The molecule has 5 rings (SSSR count). The summed E-state index contributed by atoms with van der Waals surface area (Å²) >= 11 is 6.18. The SMILES string of the molecule is Cc1c(-c2[nH]nc3nc(N4CCC5(CC4)CO[C@@H](C)[C@H]5N)n(C)c(=O)c23)ccnc1Cl. The average Bonchev–Trinajstić information content (AvgIpc) is 3.31. The number of ether oxygens (including phenoxy) is 1. The van der Waals surface area contributed by atoms with Crippen molar-refractivity contribution in [3.8, 4) is 11.3 Å². The van der Waals surface area contributed by atoms with Gasteiger partial charge in [-0.05, 0) is 38.3 Å². The van der Waals surface area contributed by atoms with E-state index < -0.39 is 0 Å². The molecule has 2 aliphatic heterocycles. The highest BCUT2D eigenvalue weighted by molar-refractivity contribution is 6.30. The summed E-state index contributed by atoms with van der Waals surface area (Å²) in [6, 6.07) is 1.86. The first-order valence-electron chi connectivity index (χ1n) is 10.5. The molecule has 1 spiro atoms. The molecule has 2 aliphatic rings. The maximum atomic E-state index is 13.3. The molecular weight excluding hydrogens is 418 g/mol. The van der Waals surface area contributed by atoms with Crippen LogP contribution in [-0.4, -0.2) is 56.6 Å². The first kappa shape index (κ1) is 20.4. The van der Waals surface area contributed by atoms with Gasteiger partial charge in [0.25, 0.3) is 5.56 Å². The number of aromatic amines is 1. The van der Waals surface area contributed by atoms with Crippen LogP contribution in [0.4, 0.5) is 5.95 Å². The third-order valence-electron chi connectivity index (χ3n) is 7.07. The first-order chi connectivity index (χ1) is 14.8. The Bertz CT molecular complexity index is 1210. The van der Waals surface area contributed by atoms with E-state index in [0.29, 0.717) is 34.4 Å². The third kappa shape index (κ3) is 3.06. The fourth-order valence-electron chi connectivity index (χ4n) is 4.93. The molecule has 0 aliphatic carbocycles. The molecule has 0 unspecified atom stereocenters. The zero-order valence-electron chi connectivity index (χ0n) is 17.9. The van der Waals surface area contributed by atoms with Crippen molar-refractivity contribution >= 4 is 28.6 Å². The molecule has 164 valence electrons. The molecule has 0 aromatic carbocycles. The number of anilines is 1. The molecule has 31 heavy (non-hydrogen) atoms. The van der Waals surface area contributed by atoms with Gasteiger partial charge < -0.3 is 15.4 Å². The molecule has 0 radical (unpaired) electrons. The summed E-state index contributed by atoms with van der Waals surface area (Å²) in [6.45, 7) is 6.15. The average molecular weight is 444 g/mol. The molecule has 2 saturated heterocycles. The van der Waals surface area contributed by atoms with Crippen molar-refractivity contribution in [2.45, 2.75) is 38.8 Å². The number of hydrogen-bond acceptors (Lipinski definition) is 7. The lowest BCUT2D eigenvalue weighted by Gasteiger charge is -2.41. The maximum Gasteiger partial charge on any atom is 0.266 e. The normalized spacial score (nSPS) is 23.2. The van der Waals surface area contributed by atoms with E-state index in [4.69, 9.17) is 27.1 Å². The highest BCUT2D eigenvalue weighted by Gasteiger charge is 2.47. The van der Waals surface area contributed by atoms with Crippen LogP contribution in [0.5, 0.6) is 0 Å². The Hall–Kier alpha value is -2.49. The lowest BCUT2D eigenvalue weighted by atomic mass is 9.73. The van der Waals surface area contributed by atoms with Gasteiger partial charge in [0.2, 0.25) is 5.95 Å². The van der Waals surface area contributed by atoms with Gasteiger partial charge in [0.05, 0.1) is 18.4 Å². The number of aromatic nitrogens is 5. The Morgan fingerprint density at radius 2 is 2.10 bits per heavy atom. The van der Waals surface area contributed by atoms with Crippen molar-refractivity contribution in [3.63, 3.8) is 0 Å². The van der Waals surface area contributed by atoms with Crippen molar-refractivity contribution in [2.24, 2.45) is 18.2 Å². The van der Waals surface area contributed by atoms with Gasteiger partial charge in [-0.1, -0.05) is 11.6 Å². The van der Waals surface area contributed by atoms with Gasteiger partial charge in [-0.3, -0.25) is 14.5 Å². The summed E-state index contributed by atoms with van der Waals surface area (Å²) in [5.41, 5.74) is 8.88. The number of rotatable bonds is 2. The molecule has 10 heteroatoms. The minimum Gasteiger partial charge on any atom is -0.376 e. The number of hydrogen-bond donors (Lipinski definition) is 2. The number of nitrogens with one attached hydrogen (secondary N) is 1. The van der Waals surface area contributed by atoms with E-state index in [1.807, 2.05) is 19.9 Å². The highest BCUT2D eigenvalue weighted by atomic mass is 35.5. The monoisotopic (exact) mass is 443 g/mol. The maximum absolute atomic E-state index is 13.3. The Morgan fingerprint density at radius 3 is 2.77 bits per heavy atom. The van der Waals surface area contributed by atoms with Crippen LogP contribution in [0.3, 0.4) is 0 Å². The van der Waals surface area contributed by atoms with Gasteiger partial charge in [0.15, 0.2) is 5.65 Å². The predicted molar refractivity (Wildman–Crippen MR) is 119 cm³/mol. The van der Waals surface area contributed by atoms with Crippen molar-refractivity contribution in [1.29, 1.82) is 0 Å². The van der Waals surface area contributed by atoms with E-state index in [-0.39, 0.29) is 23.1 Å². The number of H-pyrrole nitrogens is 1. The predicted octanol–water partition coefficient (Wildman–Crippen LogP) is 2.01. The summed E-state index contributed by atoms with van der Waals surface area (Å²) in [5.74, 6) is 0.621. The van der Waals surface area contributed by atoms with Crippen LogP contribution in [0, 0.1) is 12.3 Å². The van der Waals surface area contributed by atoms with E-state index >= 15 is 0 Å². The number of nitrogens with zero attached hydrogens (tertiary/aromatic N) is 5. The quantitative estimate of drug-likeness (QED) is 0.582. The molecule has 2 fully saturated rings. The summed E-state index contributed by atoms with van der Waals surface area (Å²) < 4.78 is 7.42. The fourth-order valence-corrected chi connectivity index (χ4v) is 5.09. The zero-order valence-corrected chi connectivity index (χ0v) is 18.6.